The van der Waals surface area contributed by atoms with E-state index in [2.05, 4.69) is 40.8 Å². The Bertz CT molecular complexity index is 1320. The fourth-order valence-corrected chi connectivity index (χ4v) is 5.28. The fourth-order valence-electron chi connectivity index (χ4n) is 4.76. The monoisotopic (exact) mass is 491 g/mol. The zero-order valence-corrected chi connectivity index (χ0v) is 20.1. The van der Waals surface area contributed by atoms with E-state index >= 15 is 0 Å². The van der Waals surface area contributed by atoms with E-state index in [0.717, 1.165) is 61.3 Å². The first kappa shape index (κ1) is 22.1. The Labute approximate surface area is 206 Å². The summed E-state index contributed by atoms with van der Waals surface area (Å²) in [5, 5.41) is 3.96. The van der Waals surface area contributed by atoms with E-state index in [9.17, 15) is 4.79 Å². The summed E-state index contributed by atoms with van der Waals surface area (Å²) in [7, 11) is 0. The van der Waals surface area contributed by atoms with E-state index in [-0.39, 0.29) is 6.10 Å². The third kappa shape index (κ3) is 4.49. The molecule has 0 N–H and O–H groups in total. The normalized spacial score (nSPS) is 21.2. The minimum Gasteiger partial charge on any atom is -0.369 e. The summed E-state index contributed by atoms with van der Waals surface area (Å²) in [6, 6.07) is 14.1. The molecule has 2 saturated heterocycles. The molecule has 2 fully saturated rings. The zero-order valence-electron chi connectivity index (χ0n) is 19.3. The van der Waals surface area contributed by atoms with Crippen LogP contribution in [0.1, 0.15) is 5.89 Å². The van der Waals surface area contributed by atoms with Gasteiger partial charge < -0.3 is 19.1 Å². The molecule has 2 atom stereocenters. The lowest BCUT2D eigenvalue weighted by Crippen LogP contribution is -2.49. The SMILES string of the molecule is Cc1nc(-c2ccc(N3CC(CN4CCN(c5ccc6nsnc6c5)CC4)OC3C=O)cc2)no1. The molecule has 4 aromatic rings. The Balaban J connectivity index is 1.06. The Hall–Kier alpha value is -3.41. The first-order valence-electron chi connectivity index (χ1n) is 11.6. The van der Waals surface area contributed by atoms with Crippen LogP contribution in [0.3, 0.4) is 0 Å². The number of ether oxygens (including phenoxy) is 1. The second-order valence-electron chi connectivity index (χ2n) is 8.85. The third-order valence-corrected chi connectivity index (χ3v) is 7.13. The van der Waals surface area contributed by atoms with E-state index in [1.807, 2.05) is 35.2 Å². The van der Waals surface area contributed by atoms with E-state index in [1.54, 1.807) is 6.92 Å². The maximum absolute atomic E-state index is 11.8. The molecule has 6 rings (SSSR count). The van der Waals surface area contributed by atoms with Crippen molar-refractivity contribution in [3.63, 3.8) is 0 Å². The van der Waals surface area contributed by atoms with Gasteiger partial charge in [0.1, 0.15) is 11.0 Å². The molecule has 2 aromatic heterocycles. The van der Waals surface area contributed by atoms with Crippen LogP contribution in [0.25, 0.3) is 22.4 Å². The molecule has 2 unspecified atom stereocenters. The standard InChI is InChI=1S/C24H25N7O3S/c1-16-25-24(26-34-16)17-2-4-18(5-3-17)31-14-20(33-23(31)15-32)13-29-8-10-30(11-9-29)19-6-7-21-22(12-19)28-35-27-21/h2-7,12,15,20,23H,8-11,13-14H2,1H3. The van der Waals surface area contributed by atoms with Crippen LogP contribution in [-0.2, 0) is 9.53 Å². The summed E-state index contributed by atoms with van der Waals surface area (Å²) in [6.07, 6.45) is 0.254. The lowest BCUT2D eigenvalue weighted by Gasteiger charge is -2.36. The quantitative estimate of drug-likeness (QED) is 0.374. The minimum absolute atomic E-state index is 0.0336. The summed E-state index contributed by atoms with van der Waals surface area (Å²) in [6.45, 7) is 6.98. The molecule has 11 heteroatoms. The number of aryl methyl sites for hydroxylation is 1. The Morgan fingerprint density at radius 1 is 1.03 bits per heavy atom. The molecule has 2 aromatic carbocycles. The van der Waals surface area contributed by atoms with E-state index in [1.165, 1.54) is 17.4 Å². The number of carbonyl (C=O) groups is 1. The molecule has 0 spiro atoms. The molecule has 4 heterocycles. The van der Waals surface area contributed by atoms with Crippen molar-refractivity contribution < 1.29 is 14.1 Å². The van der Waals surface area contributed by atoms with Crippen molar-refractivity contribution in [2.24, 2.45) is 0 Å². The number of anilines is 2. The van der Waals surface area contributed by atoms with Crippen molar-refractivity contribution in [2.75, 3.05) is 49.1 Å². The van der Waals surface area contributed by atoms with Gasteiger partial charge in [-0.15, -0.1) is 0 Å². The fraction of sp³-hybridized carbons (Fsp3) is 0.375. The maximum Gasteiger partial charge on any atom is 0.223 e. The molecule has 0 aliphatic carbocycles. The van der Waals surface area contributed by atoms with Crippen LogP contribution in [0.15, 0.2) is 47.0 Å². The molecule has 180 valence electrons. The number of nitrogens with zero attached hydrogens (tertiary/aromatic N) is 7. The highest BCUT2D eigenvalue weighted by molar-refractivity contribution is 7.00. The zero-order chi connectivity index (χ0) is 23.8. The van der Waals surface area contributed by atoms with Gasteiger partial charge in [0.05, 0.1) is 17.8 Å². The predicted octanol–water partition coefficient (Wildman–Crippen LogP) is 2.60. The lowest BCUT2D eigenvalue weighted by molar-refractivity contribution is -0.117. The molecule has 2 aliphatic heterocycles. The van der Waals surface area contributed by atoms with Crippen LogP contribution < -0.4 is 9.80 Å². The Kier molecular flexibility index (Phi) is 5.88. The van der Waals surface area contributed by atoms with Crippen molar-refractivity contribution in [1.29, 1.82) is 0 Å². The van der Waals surface area contributed by atoms with Gasteiger partial charge in [0.25, 0.3) is 0 Å². The molecule has 10 nitrogen and oxygen atoms in total. The number of hydrogen-bond donors (Lipinski definition) is 0. The molecule has 0 radical (unpaired) electrons. The highest BCUT2D eigenvalue weighted by Crippen LogP contribution is 2.28. The number of aldehydes is 1. The second kappa shape index (κ2) is 9.33. The first-order valence-corrected chi connectivity index (χ1v) is 12.4. The van der Waals surface area contributed by atoms with Crippen molar-refractivity contribution in [2.45, 2.75) is 19.3 Å². The number of benzene rings is 2. The van der Waals surface area contributed by atoms with Gasteiger partial charge in [-0.1, -0.05) is 5.16 Å². The van der Waals surface area contributed by atoms with Crippen molar-refractivity contribution in [3.05, 3.63) is 48.4 Å². The van der Waals surface area contributed by atoms with Crippen LogP contribution in [0.5, 0.6) is 0 Å². The number of piperazine rings is 1. The van der Waals surface area contributed by atoms with Crippen molar-refractivity contribution in [3.8, 4) is 11.4 Å². The maximum atomic E-state index is 11.8. The number of fused-ring (bicyclic) bond motifs is 1. The Morgan fingerprint density at radius 3 is 2.54 bits per heavy atom. The smallest absolute Gasteiger partial charge is 0.223 e. The van der Waals surface area contributed by atoms with Gasteiger partial charge in [0, 0.05) is 63.1 Å². The van der Waals surface area contributed by atoms with Gasteiger partial charge >= 0.3 is 0 Å². The van der Waals surface area contributed by atoms with Gasteiger partial charge in [-0.05, 0) is 42.5 Å². The average Bonchev–Trinajstić information content (AvgIpc) is 3.64. The number of carbonyl (C=O) groups excluding carboxylic acids is 1. The molecule has 0 bridgehead atoms. The first-order chi connectivity index (χ1) is 17.2. The molecule has 35 heavy (non-hydrogen) atoms. The Morgan fingerprint density at radius 2 is 1.80 bits per heavy atom. The van der Waals surface area contributed by atoms with Gasteiger partial charge in [0.2, 0.25) is 11.7 Å². The summed E-state index contributed by atoms with van der Waals surface area (Å²) in [4.78, 5) is 22.8. The lowest BCUT2D eigenvalue weighted by atomic mass is 10.1. The molecule has 0 saturated carbocycles. The number of rotatable bonds is 6. The molecular formula is C24H25N7O3S. The van der Waals surface area contributed by atoms with Crippen LogP contribution in [0.4, 0.5) is 11.4 Å². The van der Waals surface area contributed by atoms with E-state index < -0.39 is 6.23 Å². The van der Waals surface area contributed by atoms with Crippen LogP contribution in [0.2, 0.25) is 0 Å². The topological polar surface area (TPSA) is 101 Å². The van der Waals surface area contributed by atoms with Crippen molar-refractivity contribution in [1.82, 2.24) is 23.8 Å². The molecular weight excluding hydrogens is 466 g/mol. The van der Waals surface area contributed by atoms with Gasteiger partial charge in [0.15, 0.2) is 12.5 Å². The highest BCUT2D eigenvalue weighted by Gasteiger charge is 2.34. The average molecular weight is 492 g/mol. The van der Waals surface area contributed by atoms with Crippen LogP contribution >= 0.6 is 11.7 Å². The highest BCUT2D eigenvalue weighted by atomic mass is 32.1. The van der Waals surface area contributed by atoms with Crippen LogP contribution in [0, 0.1) is 6.92 Å². The largest absolute Gasteiger partial charge is 0.369 e. The molecule has 0 amide bonds. The second-order valence-corrected chi connectivity index (χ2v) is 9.37. The number of aromatic nitrogens is 4. The number of hydrogen-bond acceptors (Lipinski definition) is 11. The van der Waals surface area contributed by atoms with E-state index in [0.29, 0.717) is 18.3 Å². The summed E-state index contributed by atoms with van der Waals surface area (Å²) >= 11 is 1.25. The van der Waals surface area contributed by atoms with Gasteiger partial charge in [-0.2, -0.15) is 13.7 Å². The van der Waals surface area contributed by atoms with Crippen molar-refractivity contribution >= 4 is 40.4 Å². The third-order valence-electron chi connectivity index (χ3n) is 6.58. The predicted molar refractivity (Wildman–Crippen MR) is 133 cm³/mol. The van der Waals surface area contributed by atoms with E-state index in [4.69, 9.17) is 9.26 Å². The van der Waals surface area contributed by atoms with Crippen LogP contribution in [-0.4, -0.2) is 81.7 Å². The summed E-state index contributed by atoms with van der Waals surface area (Å²) in [5.74, 6) is 1.08. The summed E-state index contributed by atoms with van der Waals surface area (Å²) in [5.41, 5.74) is 4.89. The molecule has 2 aliphatic rings. The summed E-state index contributed by atoms with van der Waals surface area (Å²) < 4.78 is 19.8. The van der Waals surface area contributed by atoms with Gasteiger partial charge in [-0.3, -0.25) is 9.69 Å². The van der Waals surface area contributed by atoms with Gasteiger partial charge in [-0.25, -0.2) is 0 Å². The minimum atomic E-state index is -0.585.